The van der Waals surface area contributed by atoms with E-state index in [2.05, 4.69) is 15.4 Å². The van der Waals surface area contributed by atoms with Crippen molar-refractivity contribution in [1.29, 1.82) is 0 Å². The number of ether oxygens (including phenoxy) is 1. The lowest BCUT2D eigenvalue weighted by molar-refractivity contribution is -0.153. The number of hydrogen-bond donors (Lipinski definition) is 2. The van der Waals surface area contributed by atoms with E-state index in [4.69, 9.17) is 0 Å². The van der Waals surface area contributed by atoms with Crippen molar-refractivity contribution < 1.29 is 22.7 Å². The lowest BCUT2D eigenvalue weighted by Gasteiger charge is -2.16. The van der Waals surface area contributed by atoms with Gasteiger partial charge in [-0.3, -0.25) is 4.79 Å². The number of halogens is 3. The molecule has 0 saturated carbocycles. The fourth-order valence-electron chi connectivity index (χ4n) is 3.08. The molecule has 3 rings (SSSR count). The molecule has 2 N–H and O–H groups in total. The number of aromatic nitrogens is 1. The maximum absolute atomic E-state index is 12.2. The Morgan fingerprint density at radius 2 is 1.67 bits per heavy atom. The number of nitrogens with zero attached hydrogens (tertiary/aromatic N) is 1. The van der Waals surface area contributed by atoms with Crippen LogP contribution in [0.25, 0.3) is 0 Å². The number of carbonyl (C=O) groups excluding carboxylic acids is 1. The third kappa shape index (κ3) is 7.71. The van der Waals surface area contributed by atoms with E-state index in [1.54, 1.807) is 42.0 Å². The van der Waals surface area contributed by atoms with Crippen LogP contribution in [0.5, 0.6) is 5.75 Å². The summed E-state index contributed by atoms with van der Waals surface area (Å²) in [7, 11) is 0. The monoisotopic (exact) mass is 459 g/mol. The first-order valence-corrected chi connectivity index (χ1v) is 10.3. The second-order valence-corrected chi connectivity index (χ2v) is 7.50. The van der Waals surface area contributed by atoms with Gasteiger partial charge in [-0.15, -0.1) is 0 Å². The van der Waals surface area contributed by atoms with Crippen molar-refractivity contribution in [3.8, 4) is 5.75 Å². The molecule has 0 aliphatic rings. The SMILES string of the molecule is CC(NC(=O)NCc1ccc(Cn2ccccc2=O)cc1)c1ccc(OCC(F)(F)F)cc1. The predicted molar refractivity (Wildman–Crippen MR) is 118 cm³/mol. The molecule has 0 aliphatic heterocycles. The Morgan fingerprint density at radius 3 is 2.30 bits per heavy atom. The number of carbonyl (C=O) groups is 1. The maximum atomic E-state index is 12.2. The van der Waals surface area contributed by atoms with Crippen LogP contribution in [-0.2, 0) is 13.1 Å². The van der Waals surface area contributed by atoms with Gasteiger partial charge in [-0.1, -0.05) is 42.5 Å². The zero-order chi connectivity index (χ0) is 23.8. The van der Waals surface area contributed by atoms with Crippen LogP contribution < -0.4 is 20.9 Å². The average Bonchev–Trinajstić information content (AvgIpc) is 2.78. The molecule has 9 heteroatoms. The summed E-state index contributed by atoms with van der Waals surface area (Å²) < 4.78 is 42.9. The van der Waals surface area contributed by atoms with Crippen molar-refractivity contribution >= 4 is 6.03 Å². The van der Waals surface area contributed by atoms with E-state index in [1.807, 2.05) is 24.3 Å². The molecule has 0 radical (unpaired) electrons. The Balaban J connectivity index is 1.46. The normalized spacial score (nSPS) is 12.1. The van der Waals surface area contributed by atoms with Gasteiger partial charge in [0.05, 0.1) is 12.6 Å². The lowest BCUT2D eigenvalue weighted by atomic mass is 10.1. The lowest BCUT2D eigenvalue weighted by Crippen LogP contribution is -2.36. The summed E-state index contributed by atoms with van der Waals surface area (Å²) in [4.78, 5) is 24.0. The van der Waals surface area contributed by atoms with Gasteiger partial charge in [0.25, 0.3) is 5.56 Å². The van der Waals surface area contributed by atoms with E-state index in [0.717, 1.165) is 16.7 Å². The highest BCUT2D eigenvalue weighted by Crippen LogP contribution is 2.21. The molecule has 174 valence electrons. The first-order chi connectivity index (χ1) is 15.7. The molecular formula is C24H24F3N3O3. The highest BCUT2D eigenvalue weighted by atomic mass is 19.4. The Bertz CT molecular complexity index is 1110. The molecule has 1 heterocycles. The van der Waals surface area contributed by atoms with Gasteiger partial charge < -0.3 is 19.9 Å². The topological polar surface area (TPSA) is 72.4 Å². The van der Waals surface area contributed by atoms with E-state index < -0.39 is 12.8 Å². The average molecular weight is 459 g/mol. The van der Waals surface area contributed by atoms with Gasteiger partial charge in [-0.25, -0.2) is 4.79 Å². The Morgan fingerprint density at radius 1 is 1.00 bits per heavy atom. The van der Waals surface area contributed by atoms with Gasteiger partial charge in [0, 0.05) is 18.8 Å². The van der Waals surface area contributed by atoms with E-state index in [-0.39, 0.29) is 23.4 Å². The first-order valence-electron chi connectivity index (χ1n) is 10.3. The Kier molecular flexibility index (Phi) is 7.76. The molecule has 3 aromatic rings. The molecular weight excluding hydrogens is 435 g/mol. The molecule has 0 fully saturated rings. The molecule has 6 nitrogen and oxygen atoms in total. The molecule has 1 aromatic heterocycles. The number of hydrogen-bond acceptors (Lipinski definition) is 3. The number of pyridine rings is 1. The van der Waals surface area contributed by atoms with E-state index in [1.165, 1.54) is 18.2 Å². The second-order valence-electron chi connectivity index (χ2n) is 7.50. The number of rotatable bonds is 8. The van der Waals surface area contributed by atoms with E-state index in [9.17, 15) is 22.8 Å². The summed E-state index contributed by atoms with van der Waals surface area (Å²) in [6.45, 7) is 1.19. The summed E-state index contributed by atoms with van der Waals surface area (Å²) >= 11 is 0. The van der Waals surface area contributed by atoms with Crippen molar-refractivity contribution in [3.05, 3.63) is 100.0 Å². The molecule has 0 aliphatic carbocycles. The standard InChI is InChI=1S/C24H24F3N3O3/c1-17(20-9-11-21(12-10-20)33-16-24(25,26)27)29-23(32)28-14-18-5-7-19(8-6-18)15-30-13-3-2-4-22(30)31/h2-13,17H,14-16H2,1H3,(H2,28,29,32). The van der Waals surface area contributed by atoms with Crippen molar-refractivity contribution in [2.75, 3.05) is 6.61 Å². The fourth-order valence-corrected chi connectivity index (χ4v) is 3.08. The van der Waals surface area contributed by atoms with Gasteiger partial charge in [0.15, 0.2) is 6.61 Å². The molecule has 0 bridgehead atoms. The van der Waals surface area contributed by atoms with Crippen LogP contribution in [0.3, 0.4) is 0 Å². The zero-order valence-corrected chi connectivity index (χ0v) is 17.9. The van der Waals surface area contributed by atoms with Crippen molar-refractivity contribution in [2.45, 2.75) is 32.2 Å². The van der Waals surface area contributed by atoms with E-state index in [0.29, 0.717) is 13.1 Å². The zero-order valence-electron chi connectivity index (χ0n) is 17.9. The maximum Gasteiger partial charge on any atom is 0.422 e. The number of urea groups is 1. The van der Waals surface area contributed by atoms with Crippen LogP contribution in [-0.4, -0.2) is 23.4 Å². The highest BCUT2D eigenvalue weighted by molar-refractivity contribution is 5.74. The molecule has 1 atom stereocenters. The van der Waals surface area contributed by atoms with Gasteiger partial charge in [0.1, 0.15) is 5.75 Å². The van der Waals surface area contributed by atoms with Gasteiger partial charge in [-0.2, -0.15) is 13.2 Å². The van der Waals surface area contributed by atoms with Crippen LogP contribution in [0.1, 0.15) is 29.7 Å². The second kappa shape index (κ2) is 10.7. The van der Waals surface area contributed by atoms with Crippen LogP contribution in [0, 0.1) is 0 Å². The number of alkyl halides is 3. The third-order valence-corrected chi connectivity index (χ3v) is 4.86. The highest BCUT2D eigenvalue weighted by Gasteiger charge is 2.28. The largest absolute Gasteiger partial charge is 0.484 e. The minimum Gasteiger partial charge on any atom is -0.484 e. The molecule has 1 unspecified atom stereocenters. The number of benzene rings is 2. The van der Waals surface area contributed by atoms with Crippen LogP contribution in [0.15, 0.2) is 77.7 Å². The van der Waals surface area contributed by atoms with Crippen molar-refractivity contribution in [1.82, 2.24) is 15.2 Å². The fraction of sp³-hybridized carbons (Fsp3) is 0.250. The van der Waals surface area contributed by atoms with Crippen LogP contribution >= 0.6 is 0 Å². The minimum atomic E-state index is -4.40. The summed E-state index contributed by atoms with van der Waals surface area (Å²) in [5, 5.41) is 5.55. The molecule has 0 saturated heterocycles. The number of amides is 2. The minimum absolute atomic E-state index is 0.0718. The summed E-state index contributed by atoms with van der Waals surface area (Å²) in [5.41, 5.74) is 2.52. The molecule has 2 amide bonds. The first kappa shape index (κ1) is 23.9. The molecule has 2 aromatic carbocycles. The third-order valence-electron chi connectivity index (χ3n) is 4.86. The van der Waals surface area contributed by atoms with Gasteiger partial charge >= 0.3 is 12.2 Å². The quantitative estimate of drug-likeness (QED) is 0.525. The van der Waals surface area contributed by atoms with E-state index >= 15 is 0 Å². The smallest absolute Gasteiger partial charge is 0.422 e. The van der Waals surface area contributed by atoms with Crippen molar-refractivity contribution in [2.24, 2.45) is 0 Å². The van der Waals surface area contributed by atoms with Crippen molar-refractivity contribution in [3.63, 3.8) is 0 Å². The number of nitrogens with one attached hydrogen (secondary N) is 2. The summed E-state index contributed by atoms with van der Waals surface area (Å²) in [5.74, 6) is 0.105. The summed E-state index contributed by atoms with van der Waals surface area (Å²) in [6.07, 6.45) is -2.67. The van der Waals surface area contributed by atoms with Crippen LogP contribution in [0.4, 0.5) is 18.0 Å². The molecule has 33 heavy (non-hydrogen) atoms. The Labute approximate surface area is 189 Å². The van der Waals surface area contributed by atoms with Crippen LogP contribution in [0.2, 0.25) is 0 Å². The predicted octanol–water partition coefficient (Wildman–Crippen LogP) is 4.40. The van der Waals surface area contributed by atoms with Gasteiger partial charge in [-0.05, 0) is 41.8 Å². The summed E-state index contributed by atoms with van der Waals surface area (Å²) in [6, 6.07) is 17.9. The molecule has 0 spiro atoms. The Hall–Kier alpha value is -3.75. The van der Waals surface area contributed by atoms with Gasteiger partial charge in [0.2, 0.25) is 0 Å².